The number of hydrogen-bond donors (Lipinski definition) is 1. The minimum absolute atomic E-state index is 0.386. The highest BCUT2D eigenvalue weighted by Gasteiger charge is 2.08. The molecule has 0 radical (unpaired) electrons. The van der Waals surface area contributed by atoms with Gasteiger partial charge in [0.05, 0.1) is 25.3 Å². The number of hydrogen-bond acceptors (Lipinski definition) is 6. The number of nitrogens with zero attached hydrogens (tertiary/aromatic N) is 2. The van der Waals surface area contributed by atoms with Crippen LogP contribution < -0.4 is 10.1 Å². The molecule has 6 heteroatoms. The number of fused-ring (bicyclic) bond motifs is 1. The zero-order valence-electron chi connectivity index (χ0n) is 12.7. The molecule has 1 heterocycles. The molecule has 0 unspecified atom stereocenters. The Balaban J connectivity index is 2.00. The molecule has 1 aromatic heterocycles. The van der Waals surface area contributed by atoms with Crippen molar-refractivity contribution in [2.75, 3.05) is 19.5 Å². The van der Waals surface area contributed by atoms with Crippen molar-refractivity contribution in [1.82, 2.24) is 9.97 Å². The predicted molar refractivity (Wildman–Crippen MR) is 87.2 cm³/mol. The van der Waals surface area contributed by atoms with Crippen molar-refractivity contribution in [3.8, 4) is 5.75 Å². The van der Waals surface area contributed by atoms with E-state index in [1.807, 2.05) is 24.3 Å². The fourth-order valence-corrected chi connectivity index (χ4v) is 2.24. The summed E-state index contributed by atoms with van der Waals surface area (Å²) in [6, 6.07) is 12.6. The number of ether oxygens (including phenoxy) is 2. The van der Waals surface area contributed by atoms with Gasteiger partial charge in [0.1, 0.15) is 17.9 Å². The van der Waals surface area contributed by atoms with Crippen LogP contribution in [0, 0.1) is 0 Å². The quantitative estimate of drug-likeness (QED) is 0.746. The lowest BCUT2D eigenvalue weighted by Gasteiger charge is -2.10. The fourth-order valence-electron chi connectivity index (χ4n) is 2.24. The van der Waals surface area contributed by atoms with E-state index in [0.717, 1.165) is 22.3 Å². The Morgan fingerprint density at radius 1 is 1.09 bits per heavy atom. The Morgan fingerprint density at radius 2 is 1.96 bits per heavy atom. The number of carbonyl (C=O) groups is 1. The number of rotatable bonds is 4. The van der Waals surface area contributed by atoms with Crippen LogP contribution in [0.2, 0.25) is 0 Å². The number of aromatic nitrogens is 2. The summed E-state index contributed by atoms with van der Waals surface area (Å²) in [6.07, 6.45) is 1.49. The lowest BCUT2D eigenvalue weighted by Crippen LogP contribution is -2.02. The van der Waals surface area contributed by atoms with E-state index in [2.05, 4.69) is 15.3 Å². The Hall–Kier alpha value is -3.15. The molecular formula is C17H15N3O3. The molecule has 0 aliphatic carbocycles. The van der Waals surface area contributed by atoms with Crippen LogP contribution in [-0.4, -0.2) is 30.2 Å². The van der Waals surface area contributed by atoms with Gasteiger partial charge >= 0.3 is 5.97 Å². The lowest BCUT2D eigenvalue weighted by molar-refractivity contribution is 0.0601. The SMILES string of the molecule is COC(=O)c1cccc(Nc2ncnc3ccc(OC)cc23)c1. The molecule has 3 aromatic rings. The molecule has 2 aromatic carbocycles. The summed E-state index contributed by atoms with van der Waals surface area (Å²) in [7, 11) is 2.96. The summed E-state index contributed by atoms with van der Waals surface area (Å²) < 4.78 is 9.98. The van der Waals surface area contributed by atoms with Gasteiger partial charge < -0.3 is 14.8 Å². The van der Waals surface area contributed by atoms with Crippen LogP contribution >= 0.6 is 0 Å². The van der Waals surface area contributed by atoms with E-state index in [0.29, 0.717) is 11.4 Å². The van der Waals surface area contributed by atoms with Crippen LogP contribution in [0.15, 0.2) is 48.8 Å². The molecule has 6 nitrogen and oxygen atoms in total. The van der Waals surface area contributed by atoms with Crippen molar-refractivity contribution in [2.45, 2.75) is 0 Å². The minimum atomic E-state index is -0.386. The van der Waals surface area contributed by atoms with Crippen molar-refractivity contribution in [3.63, 3.8) is 0 Å². The maximum absolute atomic E-state index is 11.6. The Bertz CT molecular complexity index is 865. The number of nitrogens with one attached hydrogen (secondary N) is 1. The molecule has 0 amide bonds. The Kier molecular flexibility index (Phi) is 4.05. The first-order valence-corrected chi connectivity index (χ1v) is 6.95. The maximum Gasteiger partial charge on any atom is 0.337 e. The molecular weight excluding hydrogens is 294 g/mol. The van der Waals surface area contributed by atoms with E-state index in [-0.39, 0.29) is 5.97 Å². The second-order valence-electron chi connectivity index (χ2n) is 4.80. The van der Waals surface area contributed by atoms with Crippen LogP contribution in [0.4, 0.5) is 11.5 Å². The van der Waals surface area contributed by atoms with Gasteiger partial charge in [-0.2, -0.15) is 0 Å². The van der Waals surface area contributed by atoms with Gasteiger partial charge in [-0.05, 0) is 36.4 Å². The number of methoxy groups -OCH3 is 2. The molecule has 3 rings (SSSR count). The first kappa shape index (κ1) is 14.8. The van der Waals surface area contributed by atoms with Crippen LogP contribution in [0.25, 0.3) is 10.9 Å². The largest absolute Gasteiger partial charge is 0.497 e. The third-order valence-electron chi connectivity index (χ3n) is 3.39. The smallest absolute Gasteiger partial charge is 0.337 e. The van der Waals surface area contributed by atoms with Crippen molar-refractivity contribution >= 4 is 28.4 Å². The van der Waals surface area contributed by atoms with E-state index in [4.69, 9.17) is 9.47 Å². The van der Waals surface area contributed by atoms with Gasteiger partial charge in [-0.3, -0.25) is 0 Å². The van der Waals surface area contributed by atoms with E-state index < -0.39 is 0 Å². The van der Waals surface area contributed by atoms with E-state index in [1.165, 1.54) is 13.4 Å². The molecule has 0 fully saturated rings. The highest BCUT2D eigenvalue weighted by atomic mass is 16.5. The minimum Gasteiger partial charge on any atom is -0.497 e. The van der Waals surface area contributed by atoms with E-state index >= 15 is 0 Å². The standard InChI is InChI=1S/C17H15N3O3/c1-22-13-6-7-15-14(9-13)16(19-10-18-15)20-12-5-3-4-11(8-12)17(21)23-2/h3-10H,1-2H3,(H,18,19,20). The summed E-state index contributed by atoms with van der Waals surface area (Å²) in [6.45, 7) is 0. The third-order valence-corrected chi connectivity index (χ3v) is 3.39. The predicted octanol–water partition coefficient (Wildman–Crippen LogP) is 3.17. The van der Waals surface area contributed by atoms with Gasteiger partial charge in [0, 0.05) is 11.1 Å². The normalized spacial score (nSPS) is 10.3. The molecule has 116 valence electrons. The number of anilines is 2. The van der Waals surface area contributed by atoms with E-state index in [1.54, 1.807) is 25.3 Å². The summed E-state index contributed by atoms with van der Waals surface area (Å²) in [5.41, 5.74) is 2.00. The van der Waals surface area contributed by atoms with Crippen molar-refractivity contribution in [1.29, 1.82) is 0 Å². The monoisotopic (exact) mass is 309 g/mol. The Morgan fingerprint density at radius 3 is 2.74 bits per heavy atom. The Labute approximate surface area is 133 Å². The second-order valence-corrected chi connectivity index (χ2v) is 4.80. The highest BCUT2D eigenvalue weighted by molar-refractivity contribution is 5.93. The molecule has 23 heavy (non-hydrogen) atoms. The zero-order chi connectivity index (χ0) is 16.2. The molecule has 0 saturated heterocycles. The van der Waals surface area contributed by atoms with Crippen molar-refractivity contribution in [2.24, 2.45) is 0 Å². The highest BCUT2D eigenvalue weighted by Crippen LogP contribution is 2.26. The molecule has 0 atom stereocenters. The van der Waals surface area contributed by atoms with E-state index in [9.17, 15) is 4.79 Å². The summed E-state index contributed by atoms with van der Waals surface area (Å²) in [5.74, 6) is 0.970. The molecule has 0 bridgehead atoms. The molecule has 0 spiro atoms. The van der Waals surface area contributed by atoms with Gasteiger partial charge in [-0.1, -0.05) is 6.07 Å². The second kappa shape index (κ2) is 6.31. The topological polar surface area (TPSA) is 73.3 Å². The molecule has 1 N–H and O–H groups in total. The number of esters is 1. The van der Waals surface area contributed by atoms with Gasteiger partial charge in [-0.15, -0.1) is 0 Å². The van der Waals surface area contributed by atoms with Gasteiger partial charge in [-0.25, -0.2) is 14.8 Å². The summed E-state index contributed by atoms with van der Waals surface area (Å²) >= 11 is 0. The van der Waals surface area contributed by atoms with Gasteiger partial charge in [0.15, 0.2) is 0 Å². The van der Waals surface area contributed by atoms with Crippen LogP contribution in [0.3, 0.4) is 0 Å². The average Bonchev–Trinajstić information content (AvgIpc) is 2.61. The fraction of sp³-hybridized carbons (Fsp3) is 0.118. The summed E-state index contributed by atoms with van der Waals surface area (Å²) in [5, 5.41) is 4.03. The molecule has 0 aliphatic heterocycles. The molecule has 0 aliphatic rings. The van der Waals surface area contributed by atoms with Crippen LogP contribution in [0.5, 0.6) is 5.75 Å². The van der Waals surface area contributed by atoms with Crippen molar-refractivity contribution in [3.05, 3.63) is 54.4 Å². The maximum atomic E-state index is 11.6. The van der Waals surface area contributed by atoms with Crippen LogP contribution in [-0.2, 0) is 4.74 Å². The molecule has 0 saturated carbocycles. The number of benzene rings is 2. The average molecular weight is 309 g/mol. The first-order valence-electron chi connectivity index (χ1n) is 6.95. The van der Waals surface area contributed by atoms with Crippen molar-refractivity contribution < 1.29 is 14.3 Å². The lowest BCUT2D eigenvalue weighted by atomic mass is 10.2. The van der Waals surface area contributed by atoms with Gasteiger partial charge in [0.25, 0.3) is 0 Å². The zero-order valence-corrected chi connectivity index (χ0v) is 12.7. The van der Waals surface area contributed by atoms with Crippen LogP contribution in [0.1, 0.15) is 10.4 Å². The third kappa shape index (κ3) is 3.06. The first-order chi connectivity index (χ1) is 11.2. The van der Waals surface area contributed by atoms with Gasteiger partial charge in [0.2, 0.25) is 0 Å². The number of carbonyl (C=O) groups excluding carboxylic acids is 1. The summed E-state index contributed by atoms with van der Waals surface area (Å²) in [4.78, 5) is 20.1.